The second-order valence-corrected chi connectivity index (χ2v) is 7.91. The van der Waals surface area contributed by atoms with Crippen LogP contribution in [-0.2, 0) is 19.6 Å². The first kappa shape index (κ1) is 21.2. The number of anilines is 1. The Hall–Kier alpha value is -3.03. The van der Waals surface area contributed by atoms with Gasteiger partial charge in [0.25, 0.3) is 0 Å². The average Bonchev–Trinajstić information content (AvgIpc) is 3.38. The van der Waals surface area contributed by atoms with Crippen molar-refractivity contribution in [2.75, 3.05) is 5.32 Å². The van der Waals surface area contributed by atoms with Gasteiger partial charge in [0.15, 0.2) is 0 Å². The molecule has 160 valence electrons. The van der Waals surface area contributed by atoms with E-state index in [0.717, 1.165) is 5.56 Å². The number of benzene rings is 2. The van der Waals surface area contributed by atoms with Gasteiger partial charge in [-0.2, -0.15) is 0 Å². The SMILES string of the molecule is O=c1[nH]c(NCc2ccc(Cl)cc2)c(-c2ccc(Cl)c(F)c2)n1CCCn1ccnc1. The molecule has 4 rings (SSSR count). The highest BCUT2D eigenvalue weighted by molar-refractivity contribution is 6.31. The van der Waals surface area contributed by atoms with E-state index in [1.165, 1.54) is 12.1 Å². The number of nitrogens with zero attached hydrogens (tertiary/aromatic N) is 3. The van der Waals surface area contributed by atoms with Gasteiger partial charge in [0.1, 0.15) is 11.6 Å². The Kier molecular flexibility index (Phi) is 6.44. The van der Waals surface area contributed by atoms with E-state index in [2.05, 4.69) is 15.3 Å². The fraction of sp³-hybridized carbons (Fsp3) is 0.182. The summed E-state index contributed by atoms with van der Waals surface area (Å²) < 4.78 is 17.7. The predicted molar refractivity (Wildman–Crippen MR) is 121 cm³/mol. The average molecular weight is 460 g/mol. The molecule has 0 aliphatic carbocycles. The second-order valence-electron chi connectivity index (χ2n) is 7.07. The smallest absolute Gasteiger partial charge is 0.327 e. The van der Waals surface area contributed by atoms with Crippen LogP contribution in [0.4, 0.5) is 10.2 Å². The normalized spacial score (nSPS) is 11.1. The van der Waals surface area contributed by atoms with Crippen LogP contribution < -0.4 is 11.0 Å². The molecule has 0 aliphatic heterocycles. The first-order valence-electron chi connectivity index (χ1n) is 9.73. The number of nitrogens with one attached hydrogen (secondary N) is 2. The molecule has 0 amide bonds. The maximum Gasteiger partial charge on any atom is 0.327 e. The lowest BCUT2D eigenvalue weighted by Crippen LogP contribution is -2.18. The number of halogens is 3. The van der Waals surface area contributed by atoms with Crippen molar-refractivity contribution in [1.82, 2.24) is 19.1 Å². The van der Waals surface area contributed by atoms with Gasteiger partial charge in [0, 0.05) is 42.6 Å². The molecule has 2 N–H and O–H groups in total. The van der Waals surface area contributed by atoms with Crippen LogP contribution in [0, 0.1) is 5.82 Å². The number of aromatic nitrogens is 4. The molecule has 2 heterocycles. The molecule has 0 aliphatic rings. The number of aryl methyl sites for hydroxylation is 1. The highest BCUT2D eigenvalue weighted by Crippen LogP contribution is 2.29. The monoisotopic (exact) mass is 459 g/mol. The van der Waals surface area contributed by atoms with Gasteiger partial charge in [0.2, 0.25) is 0 Å². The van der Waals surface area contributed by atoms with Crippen LogP contribution in [0.15, 0.2) is 66.0 Å². The van der Waals surface area contributed by atoms with Crippen molar-refractivity contribution in [1.29, 1.82) is 0 Å². The summed E-state index contributed by atoms with van der Waals surface area (Å²) in [7, 11) is 0. The first-order valence-corrected chi connectivity index (χ1v) is 10.5. The molecule has 0 atom stereocenters. The minimum absolute atomic E-state index is 0.0314. The Bertz CT molecular complexity index is 1220. The minimum atomic E-state index is -0.540. The fourth-order valence-corrected chi connectivity index (χ4v) is 3.62. The highest BCUT2D eigenvalue weighted by Gasteiger charge is 2.17. The summed E-state index contributed by atoms with van der Waals surface area (Å²) in [6, 6.07) is 11.9. The number of hydrogen-bond acceptors (Lipinski definition) is 3. The van der Waals surface area contributed by atoms with Gasteiger partial charge in [-0.05, 0) is 36.2 Å². The van der Waals surface area contributed by atoms with Gasteiger partial charge in [-0.25, -0.2) is 14.2 Å². The van der Waals surface area contributed by atoms with E-state index in [0.29, 0.717) is 48.2 Å². The van der Waals surface area contributed by atoms with Crippen LogP contribution in [0.25, 0.3) is 11.3 Å². The molecule has 0 fully saturated rings. The maximum atomic E-state index is 14.2. The third-order valence-corrected chi connectivity index (χ3v) is 5.48. The molecule has 0 radical (unpaired) electrons. The van der Waals surface area contributed by atoms with Gasteiger partial charge in [-0.1, -0.05) is 41.4 Å². The molecule has 0 saturated heterocycles. The largest absolute Gasteiger partial charge is 0.366 e. The van der Waals surface area contributed by atoms with Crippen LogP contribution in [-0.4, -0.2) is 19.1 Å². The number of H-pyrrole nitrogens is 1. The lowest BCUT2D eigenvalue weighted by Gasteiger charge is -2.12. The van der Waals surface area contributed by atoms with Crippen molar-refractivity contribution < 1.29 is 4.39 Å². The number of hydrogen-bond donors (Lipinski definition) is 2. The fourth-order valence-electron chi connectivity index (χ4n) is 3.38. The van der Waals surface area contributed by atoms with E-state index in [9.17, 15) is 9.18 Å². The third kappa shape index (κ3) is 5.00. The molecule has 0 spiro atoms. The van der Waals surface area contributed by atoms with Gasteiger partial charge in [-0.3, -0.25) is 9.55 Å². The third-order valence-electron chi connectivity index (χ3n) is 4.92. The number of rotatable bonds is 8. The standard InChI is InChI=1S/C22H20Cl2FN5O/c23-17-5-2-15(3-6-17)13-27-21-20(16-4-7-18(24)19(25)12-16)30(22(31)28-21)10-1-9-29-11-8-26-14-29/h2-8,11-12,14,27H,1,9-10,13H2,(H,28,31). The van der Waals surface area contributed by atoms with Crippen molar-refractivity contribution in [2.45, 2.75) is 26.1 Å². The topological polar surface area (TPSA) is 67.6 Å². The minimum Gasteiger partial charge on any atom is -0.366 e. The molecule has 0 bridgehead atoms. The summed E-state index contributed by atoms with van der Waals surface area (Å²) >= 11 is 11.8. The van der Waals surface area contributed by atoms with E-state index in [1.54, 1.807) is 35.3 Å². The quantitative estimate of drug-likeness (QED) is 0.381. The summed E-state index contributed by atoms with van der Waals surface area (Å²) in [4.78, 5) is 19.6. The van der Waals surface area contributed by atoms with E-state index in [1.807, 2.05) is 22.9 Å². The molecule has 0 saturated carbocycles. The lowest BCUT2D eigenvalue weighted by atomic mass is 10.1. The summed E-state index contributed by atoms with van der Waals surface area (Å²) in [5, 5.41) is 3.94. The zero-order valence-corrected chi connectivity index (χ0v) is 18.0. The molecular weight excluding hydrogens is 440 g/mol. The summed E-state index contributed by atoms with van der Waals surface area (Å²) in [6.07, 6.45) is 6.01. The Labute approximate surface area is 188 Å². The van der Waals surface area contributed by atoms with E-state index in [-0.39, 0.29) is 10.7 Å². The Balaban J connectivity index is 1.63. The molecule has 4 aromatic rings. The summed E-state index contributed by atoms with van der Waals surface area (Å²) in [5.74, 6) is -0.0225. The van der Waals surface area contributed by atoms with Crippen molar-refractivity contribution in [3.05, 3.63) is 93.1 Å². The molecule has 31 heavy (non-hydrogen) atoms. The zero-order valence-electron chi connectivity index (χ0n) is 16.5. The van der Waals surface area contributed by atoms with Gasteiger partial charge in [0.05, 0.1) is 17.0 Å². The van der Waals surface area contributed by atoms with Crippen LogP contribution in [0.1, 0.15) is 12.0 Å². The zero-order chi connectivity index (χ0) is 21.8. The Morgan fingerprint density at radius 2 is 1.90 bits per heavy atom. The molecule has 2 aromatic carbocycles. The Morgan fingerprint density at radius 3 is 2.61 bits per heavy atom. The van der Waals surface area contributed by atoms with Gasteiger partial charge in [-0.15, -0.1) is 0 Å². The van der Waals surface area contributed by atoms with Crippen molar-refractivity contribution >= 4 is 29.0 Å². The predicted octanol–water partition coefficient (Wildman–Crippen LogP) is 5.19. The van der Waals surface area contributed by atoms with Crippen molar-refractivity contribution in [2.24, 2.45) is 0 Å². The van der Waals surface area contributed by atoms with Gasteiger partial charge < -0.3 is 9.88 Å². The molecular formula is C22H20Cl2FN5O. The summed E-state index contributed by atoms with van der Waals surface area (Å²) in [6.45, 7) is 1.63. The highest BCUT2D eigenvalue weighted by atomic mass is 35.5. The molecule has 9 heteroatoms. The lowest BCUT2D eigenvalue weighted by molar-refractivity contribution is 0.556. The molecule has 0 unspecified atom stereocenters. The van der Waals surface area contributed by atoms with Crippen LogP contribution >= 0.6 is 23.2 Å². The van der Waals surface area contributed by atoms with Crippen LogP contribution in [0.5, 0.6) is 0 Å². The van der Waals surface area contributed by atoms with Crippen LogP contribution in [0.2, 0.25) is 10.0 Å². The molecule has 2 aromatic heterocycles. The van der Waals surface area contributed by atoms with Crippen molar-refractivity contribution in [3.8, 4) is 11.3 Å². The number of aromatic amines is 1. The van der Waals surface area contributed by atoms with Crippen molar-refractivity contribution in [3.63, 3.8) is 0 Å². The maximum absolute atomic E-state index is 14.2. The van der Waals surface area contributed by atoms with E-state index in [4.69, 9.17) is 23.2 Å². The van der Waals surface area contributed by atoms with E-state index < -0.39 is 5.82 Å². The van der Waals surface area contributed by atoms with Crippen LogP contribution in [0.3, 0.4) is 0 Å². The first-order chi connectivity index (χ1) is 15.0. The Morgan fingerprint density at radius 1 is 1.10 bits per heavy atom. The summed E-state index contributed by atoms with van der Waals surface area (Å²) in [5.41, 5.74) is 1.86. The molecule has 6 nitrogen and oxygen atoms in total. The van der Waals surface area contributed by atoms with E-state index >= 15 is 0 Å². The van der Waals surface area contributed by atoms with Gasteiger partial charge >= 0.3 is 5.69 Å². The second kappa shape index (κ2) is 9.41. The number of imidazole rings is 2.